The normalized spacial score (nSPS) is 25.1. The number of hydrogen-bond acceptors (Lipinski definition) is 6. The van der Waals surface area contributed by atoms with Crippen molar-refractivity contribution in [2.75, 3.05) is 18.4 Å². The number of likely N-dealkylation sites (tertiary alicyclic amines) is 1. The maximum Gasteiger partial charge on any atom is 0.251 e. The fraction of sp³-hybridized carbons (Fsp3) is 0.545. The van der Waals surface area contributed by atoms with E-state index in [-0.39, 0.29) is 30.4 Å². The molecule has 0 aromatic heterocycles. The van der Waals surface area contributed by atoms with E-state index in [0.717, 1.165) is 19.3 Å². The Labute approximate surface area is 192 Å². The molecule has 2 fully saturated rings. The summed E-state index contributed by atoms with van der Waals surface area (Å²) >= 11 is 0. The highest BCUT2D eigenvalue weighted by Crippen LogP contribution is 2.24. The molecule has 3 amide bonds. The molecule has 3 rings (SSSR count). The number of carbonyl (C=O) groups is 3. The number of nitrogens with two attached hydrogens (primary N) is 2. The van der Waals surface area contributed by atoms with E-state index < -0.39 is 24.1 Å². The number of piperidine rings is 1. The molecule has 11 heteroatoms. The molecule has 0 radical (unpaired) electrons. The molecule has 1 unspecified atom stereocenters. The fourth-order valence-corrected chi connectivity index (χ4v) is 4.36. The first-order chi connectivity index (χ1) is 15.7. The van der Waals surface area contributed by atoms with E-state index in [4.69, 9.17) is 16.9 Å². The summed E-state index contributed by atoms with van der Waals surface area (Å²) in [5.41, 5.74) is 12.2. The molecule has 1 heterocycles. The lowest BCUT2D eigenvalue weighted by Gasteiger charge is -2.38. The van der Waals surface area contributed by atoms with Gasteiger partial charge >= 0.3 is 0 Å². The van der Waals surface area contributed by atoms with Crippen molar-refractivity contribution in [3.05, 3.63) is 29.8 Å². The molecular formula is C22H33N7O4. The number of aliphatic hydroxyl groups excluding tert-OH is 1. The summed E-state index contributed by atoms with van der Waals surface area (Å²) in [4.78, 5) is 38.6. The van der Waals surface area contributed by atoms with Crippen LogP contribution in [0.2, 0.25) is 0 Å². The van der Waals surface area contributed by atoms with Gasteiger partial charge in [-0.15, -0.1) is 0 Å². The molecule has 180 valence electrons. The van der Waals surface area contributed by atoms with Crippen molar-refractivity contribution in [3.63, 3.8) is 0 Å². The third-order valence-corrected chi connectivity index (χ3v) is 6.14. The Balaban J connectivity index is 1.49. The van der Waals surface area contributed by atoms with Crippen molar-refractivity contribution in [1.29, 1.82) is 5.41 Å². The number of carbonyl (C=O) groups excluding carboxylic acids is 3. The van der Waals surface area contributed by atoms with E-state index in [2.05, 4.69) is 16.0 Å². The van der Waals surface area contributed by atoms with Crippen molar-refractivity contribution >= 4 is 29.4 Å². The zero-order valence-electron chi connectivity index (χ0n) is 18.5. The van der Waals surface area contributed by atoms with Crippen LogP contribution in [0.25, 0.3) is 0 Å². The van der Waals surface area contributed by atoms with Gasteiger partial charge in [-0.3, -0.25) is 19.8 Å². The average Bonchev–Trinajstić information content (AvgIpc) is 2.79. The molecule has 1 aromatic rings. The van der Waals surface area contributed by atoms with Crippen molar-refractivity contribution in [3.8, 4) is 0 Å². The lowest BCUT2D eigenvalue weighted by molar-refractivity contribution is -0.123. The molecule has 33 heavy (non-hydrogen) atoms. The summed E-state index contributed by atoms with van der Waals surface area (Å²) in [7, 11) is 0. The Kier molecular flexibility index (Phi) is 8.23. The molecule has 1 saturated heterocycles. The van der Waals surface area contributed by atoms with Crippen LogP contribution >= 0.6 is 0 Å². The lowest BCUT2D eigenvalue weighted by atomic mass is 9.85. The standard InChI is InChI=1S/C22H33N7O4/c23-15-6-1-4-13(10-15)20(32)27-16-7-2-5-14(11-16)19(31)26-12-18(30)28-17-8-3-9-29(21(17)33)22(24)25/h2,5,7,11,13,15,17,21,33H,1,3-4,6,8-10,12,23H2,(H3,24,25)(H,26,31)(H,27,32)(H,28,30)/t13-,15-,17-,21?/m0/s1. The van der Waals surface area contributed by atoms with Crippen molar-refractivity contribution in [2.24, 2.45) is 17.4 Å². The topological polar surface area (TPSA) is 187 Å². The predicted octanol–water partition coefficient (Wildman–Crippen LogP) is -0.335. The van der Waals surface area contributed by atoms with Crippen LogP contribution in [0.5, 0.6) is 0 Å². The Morgan fingerprint density at radius 3 is 2.70 bits per heavy atom. The molecule has 1 aliphatic heterocycles. The molecule has 0 spiro atoms. The first-order valence-electron chi connectivity index (χ1n) is 11.3. The summed E-state index contributed by atoms with van der Waals surface area (Å²) < 4.78 is 0. The van der Waals surface area contributed by atoms with E-state index in [1.165, 1.54) is 4.90 Å². The first-order valence-corrected chi connectivity index (χ1v) is 11.3. The number of aliphatic hydroxyl groups is 1. The minimum absolute atomic E-state index is 0.0398. The molecule has 11 nitrogen and oxygen atoms in total. The lowest BCUT2D eigenvalue weighted by Crippen LogP contribution is -2.59. The SMILES string of the molecule is N=C(N)N1CCC[C@H](NC(=O)CNC(=O)c2cccc(NC(=O)[C@H]3CCC[C@H](N)C3)c2)C1O. The van der Waals surface area contributed by atoms with E-state index >= 15 is 0 Å². The maximum absolute atomic E-state index is 12.5. The van der Waals surface area contributed by atoms with Crippen LogP contribution in [0, 0.1) is 11.3 Å². The maximum atomic E-state index is 12.5. The van der Waals surface area contributed by atoms with E-state index in [9.17, 15) is 19.5 Å². The monoisotopic (exact) mass is 459 g/mol. The predicted molar refractivity (Wildman–Crippen MR) is 123 cm³/mol. The molecule has 1 aromatic carbocycles. The smallest absolute Gasteiger partial charge is 0.251 e. The zero-order valence-corrected chi connectivity index (χ0v) is 18.5. The molecule has 4 atom stereocenters. The van der Waals surface area contributed by atoms with Crippen LogP contribution in [-0.2, 0) is 9.59 Å². The van der Waals surface area contributed by atoms with Crippen LogP contribution in [0.3, 0.4) is 0 Å². The van der Waals surface area contributed by atoms with Crippen LogP contribution < -0.4 is 27.4 Å². The minimum Gasteiger partial charge on any atom is -0.371 e. The Morgan fingerprint density at radius 1 is 1.18 bits per heavy atom. The highest BCUT2D eigenvalue weighted by atomic mass is 16.3. The molecule has 9 N–H and O–H groups in total. The van der Waals surface area contributed by atoms with Crippen molar-refractivity contribution in [2.45, 2.75) is 56.8 Å². The van der Waals surface area contributed by atoms with Crippen LogP contribution in [-0.4, -0.2) is 65.1 Å². The summed E-state index contributed by atoms with van der Waals surface area (Å²) in [6, 6.07) is 5.97. The van der Waals surface area contributed by atoms with Crippen molar-refractivity contribution < 1.29 is 19.5 Å². The number of benzene rings is 1. The van der Waals surface area contributed by atoms with Gasteiger partial charge in [0.25, 0.3) is 5.91 Å². The Bertz CT molecular complexity index is 893. The van der Waals surface area contributed by atoms with Crippen LogP contribution in [0.4, 0.5) is 5.69 Å². The van der Waals surface area contributed by atoms with Gasteiger partial charge in [0.05, 0.1) is 12.6 Å². The molecule has 0 bridgehead atoms. The van der Waals surface area contributed by atoms with E-state index in [1.54, 1.807) is 24.3 Å². The van der Waals surface area contributed by atoms with Crippen LogP contribution in [0.15, 0.2) is 24.3 Å². The second-order valence-electron chi connectivity index (χ2n) is 8.68. The second-order valence-corrected chi connectivity index (χ2v) is 8.68. The summed E-state index contributed by atoms with van der Waals surface area (Å²) in [5, 5.41) is 25.8. The second kappa shape index (κ2) is 11.1. The number of guanidine groups is 1. The van der Waals surface area contributed by atoms with E-state index in [1.807, 2.05) is 0 Å². The minimum atomic E-state index is -1.09. The van der Waals surface area contributed by atoms with Gasteiger partial charge in [0.15, 0.2) is 5.96 Å². The van der Waals surface area contributed by atoms with Crippen molar-refractivity contribution in [1.82, 2.24) is 15.5 Å². The van der Waals surface area contributed by atoms with Gasteiger partial charge in [-0.2, -0.15) is 0 Å². The Morgan fingerprint density at radius 2 is 1.97 bits per heavy atom. The van der Waals surface area contributed by atoms with Gasteiger partial charge in [0.1, 0.15) is 6.23 Å². The largest absolute Gasteiger partial charge is 0.371 e. The fourth-order valence-electron chi connectivity index (χ4n) is 4.36. The number of amides is 3. The number of nitrogens with zero attached hydrogens (tertiary/aromatic N) is 1. The molecular weight excluding hydrogens is 426 g/mol. The number of rotatable bonds is 6. The molecule has 2 aliphatic rings. The quantitative estimate of drug-likeness (QED) is 0.224. The highest BCUT2D eigenvalue weighted by Gasteiger charge is 2.31. The Hall–Kier alpha value is -3.18. The van der Waals surface area contributed by atoms with Gasteiger partial charge in [0, 0.05) is 29.8 Å². The summed E-state index contributed by atoms with van der Waals surface area (Å²) in [5.74, 6) is -1.42. The zero-order chi connectivity index (χ0) is 24.0. The first kappa shape index (κ1) is 24.5. The highest BCUT2D eigenvalue weighted by molar-refractivity contribution is 5.99. The van der Waals surface area contributed by atoms with Gasteiger partial charge in [-0.1, -0.05) is 12.5 Å². The van der Waals surface area contributed by atoms with Gasteiger partial charge in [-0.25, -0.2) is 0 Å². The summed E-state index contributed by atoms with van der Waals surface area (Å²) in [6.07, 6.45) is 3.43. The van der Waals surface area contributed by atoms with Gasteiger partial charge < -0.3 is 37.4 Å². The number of nitrogens with one attached hydrogen (secondary N) is 4. The third kappa shape index (κ3) is 6.65. The number of anilines is 1. The number of hydrogen-bond donors (Lipinski definition) is 7. The third-order valence-electron chi connectivity index (χ3n) is 6.14. The van der Waals surface area contributed by atoms with Gasteiger partial charge in [0.2, 0.25) is 11.8 Å². The summed E-state index contributed by atoms with van der Waals surface area (Å²) in [6.45, 7) is 0.165. The average molecular weight is 460 g/mol. The van der Waals surface area contributed by atoms with Gasteiger partial charge in [-0.05, 0) is 50.3 Å². The molecule has 1 saturated carbocycles. The van der Waals surface area contributed by atoms with Crippen LogP contribution in [0.1, 0.15) is 48.9 Å². The van der Waals surface area contributed by atoms with E-state index in [0.29, 0.717) is 37.1 Å². The molecule has 1 aliphatic carbocycles.